The van der Waals surface area contributed by atoms with Crippen molar-refractivity contribution in [3.05, 3.63) is 76.8 Å². The highest BCUT2D eigenvalue weighted by molar-refractivity contribution is 9.10. The van der Waals surface area contributed by atoms with Gasteiger partial charge in [0.05, 0.1) is 12.2 Å². The highest BCUT2D eigenvalue weighted by atomic mass is 79.9. The molecule has 0 atom stereocenters. The zero-order valence-electron chi connectivity index (χ0n) is 12.7. The average Bonchev–Trinajstić information content (AvgIpc) is 2.91. The summed E-state index contributed by atoms with van der Waals surface area (Å²) in [5.74, 6) is 0.235. The van der Waals surface area contributed by atoms with Gasteiger partial charge in [-0.2, -0.15) is 0 Å². The van der Waals surface area contributed by atoms with Crippen LogP contribution in [0.1, 0.15) is 12.5 Å². The molecule has 0 radical (unpaired) electrons. The Labute approximate surface area is 143 Å². The van der Waals surface area contributed by atoms with E-state index in [1.165, 1.54) is 6.92 Å². The Morgan fingerprint density at radius 3 is 2.35 bits per heavy atom. The van der Waals surface area contributed by atoms with Crippen molar-refractivity contribution in [2.45, 2.75) is 13.5 Å². The summed E-state index contributed by atoms with van der Waals surface area (Å²) in [6.45, 7) is 2.06. The molecule has 0 N–H and O–H groups in total. The number of carbonyl (C=O) groups excluding carboxylic acids is 1. The van der Waals surface area contributed by atoms with E-state index in [1.54, 1.807) is 0 Å². The number of benzene rings is 2. The Bertz CT molecular complexity index is 807. The fourth-order valence-corrected chi connectivity index (χ4v) is 2.75. The lowest BCUT2D eigenvalue weighted by Crippen LogP contribution is -2.09. The molecule has 116 valence electrons. The van der Waals surface area contributed by atoms with Crippen LogP contribution in [-0.4, -0.2) is 10.5 Å². The Morgan fingerprint density at radius 2 is 1.70 bits per heavy atom. The van der Waals surface area contributed by atoms with Gasteiger partial charge in [0.2, 0.25) is 5.88 Å². The average molecular weight is 370 g/mol. The maximum Gasteiger partial charge on any atom is 0.309 e. The van der Waals surface area contributed by atoms with Gasteiger partial charge < -0.3 is 9.30 Å². The van der Waals surface area contributed by atoms with Crippen LogP contribution in [-0.2, 0) is 11.3 Å². The minimum absolute atomic E-state index is 0.320. The SMILES string of the molecule is CC(=O)Oc1ccc(-c2ccc(Br)cc2)n1Cc1ccccc1. The van der Waals surface area contributed by atoms with Gasteiger partial charge in [-0.1, -0.05) is 58.4 Å². The van der Waals surface area contributed by atoms with Gasteiger partial charge in [-0.15, -0.1) is 0 Å². The van der Waals surface area contributed by atoms with Crippen LogP contribution in [0.5, 0.6) is 5.88 Å². The highest BCUT2D eigenvalue weighted by Gasteiger charge is 2.13. The van der Waals surface area contributed by atoms with Crippen molar-refractivity contribution < 1.29 is 9.53 Å². The molecule has 0 aliphatic rings. The van der Waals surface area contributed by atoms with E-state index in [0.29, 0.717) is 12.4 Å². The maximum atomic E-state index is 11.4. The van der Waals surface area contributed by atoms with Crippen LogP contribution < -0.4 is 4.74 Å². The van der Waals surface area contributed by atoms with Gasteiger partial charge in [0.25, 0.3) is 0 Å². The van der Waals surface area contributed by atoms with E-state index in [4.69, 9.17) is 4.74 Å². The standard InChI is InChI=1S/C19H16BrNO2/c1-14(22)23-19-12-11-18(16-7-9-17(20)10-8-16)21(19)13-15-5-3-2-4-6-15/h2-12H,13H2,1H3. The molecule has 3 aromatic rings. The topological polar surface area (TPSA) is 31.2 Å². The van der Waals surface area contributed by atoms with Crippen molar-refractivity contribution in [1.82, 2.24) is 4.57 Å². The molecular formula is C19H16BrNO2. The van der Waals surface area contributed by atoms with Gasteiger partial charge >= 0.3 is 5.97 Å². The zero-order chi connectivity index (χ0) is 16.2. The van der Waals surface area contributed by atoms with Crippen molar-refractivity contribution in [3.8, 4) is 17.1 Å². The second-order valence-electron chi connectivity index (χ2n) is 5.23. The van der Waals surface area contributed by atoms with E-state index >= 15 is 0 Å². The molecule has 0 amide bonds. The van der Waals surface area contributed by atoms with Crippen LogP contribution in [0.2, 0.25) is 0 Å². The summed E-state index contributed by atoms with van der Waals surface area (Å²) in [5, 5.41) is 0. The van der Waals surface area contributed by atoms with Crippen molar-refractivity contribution in [3.63, 3.8) is 0 Å². The van der Waals surface area contributed by atoms with Crippen molar-refractivity contribution >= 4 is 21.9 Å². The predicted molar refractivity (Wildman–Crippen MR) is 94.4 cm³/mol. The van der Waals surface area contributed by atoms with Crippen LogP contribution >= 0.6 is 15.9 Å². The smallest absolute Gasteiger partial charge is 0.309 e. The van der Waals surface area contributed by atoms with Gasteiger partial charge in [-0.25, -0.2) is 0 Å². The second kappa shape index (κ2) is 6.84. The molecule has 0 aliphatic heterocycles. The van der Waals surface area contributed by atoms with E-state index in [0.717, 1.165) is 21.3 Å². The van der Waals surface area contributed by atoms with Crippen molar-refractivity contribution in [2.75, 3.05) is 0 Å². The van der Waals surface area contributed by atoms with Gasteiger partial charge in [-0.05, 0) is 29.3 Å². The monoisotopic (exact) mass is 369 g/mol. The molecule has 3 rings (SSSR count). The number of rotatable bonds is 4. The quantitative estimate of drug-likeness (QED) is 0.613. The molecule has 4 heteroatoms. The van der Waals surface area contributed by atoms with Crippen LogP contribution in [0.15, 0.2) is 71.2 Å². The van der Waals surface area contributed by atoms with E-state index in [-0.39, 0.29) is 5.97 Å². The third kappa shape index (κ3) is 3.71. The molecule has 0 bridgehead atoms. The Morgan fingerprint density at radius 1 is 1.00 bits per heavy atom. The number of esters is 1. The summed E-state index contributed by atoms with van der Waals surface area (Å²) in [6.07, 6.45) is 0. The Hall–Kier alpha value is -2.33. The highest BCUT2D eigenvalue weighted by Crippen LogP contribution is 2.29. The lowest BCUT2D eigenvalue weighted by atomic mass is 10.1. The molecular weight excluding hydrogens is 354 g/mol. The number of hydrogen-bond donors (Lipinski definition) is 0. The fourth-order valence-electron chi connectivity index (χ4n) is 2.49. The Balaban J connectivity index is 2.03. The molecule has 1 aromatic heterocycles. The summed E-state index contributed by atoms with van der Waals surface area (Å²) in [4.78, 5) is 11.4. The first-order valence-corrected chi connectivity index (χ1v) is 8.10. The third-order valence-electron chi connectivity index (χ3n) is 3.51. The van der Waals surface area contributed by atoms with E-state index in [1.807, 2.05) is 59.2 Å². The summed E-state index contributed by atoms with van der Waals surface area (Å²) in [5.41, 5.74) is 3.23. The summed E-state index contributed by atoms with van der Waals surface area (Å²) < 4.78 is 8.40. The molecule has 0 saturated carbocycles. The van der Waals surface area contributed by atoms with E-state index in [9.17, 15) is 4.79 Å². The number of halogens is 1. The van der Waals surface area contributed by atoms with Crippen LogP contribution in [0.3, 0.4) is 0 Å². The van der Waals surface area contributed by atoms with Gasteiger partial charge in [0, 0.05) is 17.5 Å². The number of ether oxygens (including phenoxy) is 1. The molecule has 0 spiro atoms. The van der Waals surface area contributed by atoms with Gasteiger partial charge in [-0.3, -0.25) is 4.79 Å². The number of nitrogens with zero attached hydrogens (tertiary/aromatic N) is 1. The largest absolute Gasteiger partial charge is 0.409 e. The minimum Gasteiger partial charge on any atom is -0.409 e. The number of carbonyl (C=O) groups is 1. The molecule has 1 heterocycles. The zero-order valence-corrected chi connectivity index (χ0v) is 14.3. The van der Waals surface area contributed by atoms with Crippen molar-refractivity contribution in [2.24, 2.45) is 0 Å². The summed E-state index contributed by atoms with van der Waals surface area (Å²) >= 11 is 3.45. The van der Waals surface area contributed by atoms with E-state index in [2.05, 4.69) is 28.1 Å². The Kier molecular flexibility index (Phi) is 4.63. The van der Waals surface area contributed by atoms with Crippen LogP contribution in [0, 0.1) is 0 Å². The maximum absolute atomic E-state index is 11.4. The molecule has 2 aromatic carbocycles. The molecule has 0 unspecified atom stereocenters. The summed E-state index contributed by atoms with van der Waals surface area (Å²) in [6, 6.07) is 22.0. The fraction of sp³-hybridized carbons (Fsp3) is 0.105. The van der Waals surface area contributed by atoms with E-state index < -0.39 is 0 Å². The minimum atomic E-state index is -0.320. The van der Waals surface area contributed by atoms with Crippen LogP contribution in [0.25, 0.3) is 11.3 Å². The third-order valence-corrected chi connectivity index (χ3v) is 4.04. The first-order chi connectivity index (χ1) is 11.1. The molecule has 0 aliphatic carbocycles. The van der Waals surface area contributed by atoms with Crippen molar-refractivity contribution in [1.29, 1.82) is 0 Å². The lowest BCUT2D eigenvalue weighted by Gasteiger charge is -2.13. The lowest BCUT2D eigenvalue weighted by molar-refractivity contribution is -0.132. The number of hydrogen-bond acceptors (Lipinski definition) is 2. The van der Waals surface area contributed by atoms with Gasteiger partial charge in [0.1, 0.15) is 0 Å². The molecule has 0 saturated heterocycles. The van der Waals surface area contributed by atoms with Crippen LogP contribution in [0.4, 0.5) is 0 Å². The second-order valence-corrected chi connectivity index (χ2v) is 6.14. The molecule has 23 heavy (non-hydrogen) atoms. The first kappa shape index (κ1) is 15.6. The molecule has 3 nitrogen and oxygen atoms in total. The number of aromatic nitrogens is 1. The molecule has 0 fully saturated rings. The van der Waals surface area contributed by atoms with Gasteiger partial charge in [0.15, 0.2) is 0 Å². The summed E-state index contributed by atoms with van der Waals surface area (Å²) in [7, 11) is 0. The normalized spacial score (nSPS) is 10.5. The predicted octanol–water partition coefficient (Wildman–Crippen LogP) is 4.89. The first-order valence-electron chi connectivity index (χ1n) is 7.31.